The zero-order valence-corrected chi connectivity index (χ0v) is 11.7. The second-order valence-corrected chi connectivity index (χ2v) is 6.02. The number of nitrogens with zero attached hydrogens (tertiary/aromatic N) is 3. The third-order valence-electron chi connectivity index (χ3n) is 2.47. The van der Waals surface area contributed by atoms with Gasteiger partial charge in [0, 0.05) is 22.8 Å². The molecule has 0 aliphatic heterocycles. The number of hydrogen-bond acceptors (Lipinski definition) is 4. The van der Waals surface area contributed by atoms with Crippen molar-refractivity contribution in [2.45, 2.75) is 30.5 Å². The van der Waals surface area contributed by atoms with Gasteiger partial charge in [-0.15, -0.1) is 11.8 Å². The van der Waals surface area contributed by atoms with Gasteiger partial charge in [-0.1, -0.05) is 26.0 Å². The maximum atomic E-state index is 5.55. The molecule has 0 atom stereocenters. The van der Waals surface area contributed by atoms with Crippen LogP contribution in [0.15, 0.2) is 29.2 Å². The minimum absolute atomic E-state index is 0.370. The van der Waals surface area contributed by atoms with Crippen LogP contribution in [0.3, 0.4) is 0 Å². The molecule has 4 nitrogen and oxygen atoms in total. The smallest absolute Gasteiger partial charge is 0.164 e. The highest BCUT2D eigenvalue weighted by Gasteiger charge is 2.08. The monoisotopic (exact) mass is 262 g/mol. The summed E-state index contributed by atoms with van der Waals surface area (Å²) >= 11 is 1.85. The topological polar surface area (TPSA) is 56.7 Å². The average Bonchev–Trinajstić information content (AvgIpc) is 2.71. The normalized spacial score (nSPS) is 11.2. The van der Waals surface area contributed by atoms with Gasteiger partial charge in [-0.25, -0.2) is 9.67 Å². The lowest BCUT2D eigenvalue weighted by Gasteiger charge is -2.05. The summed E-state index contributed by atoms with van der Waals surface area (Å²) < 4.78 is 1.77. The maximum absolute atomic E-state index is 5.55. The number of benzene rings is 1. The van der Waals surface area contributed by atoms with Gasteiger partial charge in [-0.3, -0.25) is 0 Å². The fourth-order valence-corrected chi connectivity index (χ4v) is 2.57. The molecule has 0 aliphatic carbocycles. The molecule has 0 saturated carbocycles. The Balaban J connectivity index is 2.25. The zero-order chi connectivity index (χ0) is 13.1. The van der Waals surface area contributed by atoms with E-state index in [0.717, 1.165) is 11.4 Å². The molecule has 0 fully saturated rings. The van der Waals surface area contributed by atoms with Crippen molar-refractivity contribution in [2.24, 2.45) is 12.8 Å². The van der Waals surface area contributed by atoms with E-state index < -0.39 is 0 Å². The molecule has 1 aromatic carbocycles. The van der Waals surface area contributed by atoms with Crippen molar-refractivity contribution in [1.29, 1.82) is 0 Å². The van der Waals surface area contributed by atoms with Crippen LogP contribution in [0.1, 0.15) is 19.7 Å². The van der Waals surface area contributed by atoms with Crippen LogP contribution in [0.25, 0.3) is 11.4 Å². The number of nitrogens with two attached hydrogens (primary N) is 1. The molecule has 2 rings (SSSR count). The van der Waals surface area contributed by atoms with Crippen LogP contribution in [0.2, 0.25) is 0 Å². The molecule has 0 saturated heterocycles. The predicted molar refractivity (Wildman–Crippen MR) is 75.3 cm³/mol. The molecule has 2 aromatic rings. The van der Waals surface area contributed by atoms with Gasteiger partial charge in [-0.2, -0.15) is 5.10 Å². The highest BCUT2D eigenvalue weighted by atomic mass is 32.2. The van der Waals surface area contributed by atoms with Crippen LogP contribution in [0.5, 0.6) is 0 Å². The number of aromatic nitrogens is 3. The van der Waals surface area contributed by atoms with E-state index in [4.69, 9.17) is 5.73 Å². The highest BCUT2D eigenvalue weighted by molar-refractivity contribution is 7.99. The minimum Gasteiger partial charge on any atom is -0.324 e. The molecule has 96 valence electrons. The summed E-state index contributed by atoms with van der Waals surface area (Å²) in [7, 11) is 1.89. The van der Waals surface area contributed by atoms with Crippen LogP contribution in [0.4, 0.5) is 0 Å². The second kappa shape index (κ2) is 5.54. The molecule has 2 N–H and O–H groups in total. The number of aryl methyl sites for hydroxylation is 1. The van der Waals surface area contributed by atoms with Gasteiger partial charge >= 0.3 is 0 Å². The minimum atomic E-state index is 0.370. The number of thioether (sulfide) groups is 1. The van der Waals surface area contributed by atoms with E-state index in [2.05, 4.69) is 48.2 Å². The van der Waals surface area contributed by atoms with Gasteiger partial charge in [0.2, 0.25) is 0 Å². The molecule has 0 spiro atoms. The first-order chi connectivity index (χ1) is 8.60. The zero-order valence-electron chi connectivity index (χ0n) is 10.9. The first-order valence-electron chi connectivity index (χ1n) is 5.97. The number of hydrogen-bond donors (Lipinski definition) is 1. The quantitative estimate of drug-likeness (QED) is 0.860. The lowest BCUT2D eigenvalue weighted by Crippen LogP contribution is -1.99. The summed E-state index contributed by atoms with van der Waals surface area (Å²) in [4.78, 5) is 5.68. The first kappa shape index (κ1) is 13.1. The van der Waals surface area contributed by atoms with Crippen molar-refractivity contribution in [3.8, 4) is 11.4 Å². The summed E-state index contributed by atoms with van der Waals surface area (Å²) in [5.41, 5.74) is 6.61. The molecule has 1 heterocycles. The Morgan fingerprint density at radius 3 is 2.44 bits per heavy atom. The summed E-state index contributed by atoms with van der Waals surface area (Å²) in [5, 5.41) is 4.84. The Hall–Kier alpha value is -1.33. The molecular formula is C13H18N4S. The van der Waals surface area contributed by atoms with Crippen molar-refractivity contribution in [1.82, 2.24) is 14.8 Å². The molecular weight excluding hydrogens is 244 g/mol. The van der Waals surface area contributed by atoms with Crippen molar-refractivity contribution < 1.29 is 0 Å². The summed E-state index contributed by atoms with van der Waals surface area (Å²) in [6, 6.07) is 8.40. The third-order valence-corrected chi connectivity index (χ3v) is 3.49. The third kappa shape index (κ3) is 2.91. The summed E-state index contributed by atoms with van der Waals surface area (Å²) in [6.07, 6.45) is 0. The van der Waals surface area contributed by atoms with Crippen LogP contribution in [-0.2, 0) is 13.6 Å². The molecule has 1 aromatic heterocycles. The average molecular weight is 262 g/mol. The number of rotatable bonds is 4. The van der Waals surface area contributed by atoms with Gasteiger partial charge in [0.05, 0.1) is 6.54 Å². The lowest BCUT2D eigenvalue weighted by molar-refractivity contribution is 0.749. The standard InChI is InChI=1S/C13H18N4S/c1-9(2)18-11-6-4-10(5-7-11)13-15-12(8-14)16-17(13)3/h4-7,9H,8,14H2,1-3H3. The van der Waals surface area contributed by atoms with E-state index in [1.54, 1.807) is 4.68 Å². The molecule has 0 amide bonds. The summed E-state index contributed by atoms with van der Waals surface area (Å²) in [5.74, 6) is 1.53. The Morgan fingerprint density at radius 2 is 1.94 bits per heavy atom. The van der Waals surface area contributed by atoms with Crippen LogP contribution >= 0.6 is 11.8 Å². The van der Waals surface area contributed by atoms with E-state index in [-0.39, 0.29) is 0 Å². The van der Waals surface area contributed by atoms with Crippen molar-refractivity contribution >= 4 is 11.8 Å². The molecule has 0 radical (unpaired) electrons. The van der Waals surface area contributed by atoms with Crippen molar-refractivity contribution in [3.05, 3.63) is 30.1 Å². The molecule has 0 unspecified atom stereocenters. The van der Waals surface area contributed by atoms with E-state index in [1.165, 1.54) is 4.90 Å². The van der Waals surface area contributed by atoms with Crippen molar-refractivity contribution in [3.63, 3.8) is 0 Å². The Bertz CT molecular complexity index is 516. The van der Waals surface area contributed by atoms with E-state index in [0.29, 0.717) is 17.6 Å². The van der Waals surface area contributed by atoms with Gasteiger partial charge in [0.15, 0.2) is 11.6 Å². The fraction of sp³-hybridized carbons (Fsp3) is 0.385. The van der Waals surface area contributed by atoms with E-state index in [9.17, 15) is 0 Å². The maximum Gasteiger partial charge on any atom is 0.164 e. The fourth-order valence-electron chi connectivity index (χ4n) is 1.73. The van der Waals surface area contributed by atoms with Crippen LogP contribution in [-0.4, -0.2) is 20.0 Å². The first-order valence-corrected chi connectivity index (χ1v) is 6.85. The molecule has 18 heavy (non-hydrogen) atoms. The Labute approximate surface area is 112 Å². The molecule has 5 heteroatoms. The predicted octanol–water partition coefficient (Wildman–Crippen LogP) is 2.44. The lowest BCUT2D eigenvalue weighted by atomic mass is 10.2. The largest absolute Gasteiger partial charge is 0.324 e. The van der Waals surface area contributed by atoms with Gasteiger partial charge < -0.3 is 5.73 Å². The Morgan fingerprint density at radius 1 is 1.28 bits per heavy atom. The van der Waals surface area contributed by atoms with E-state index in [1.807, 2.05) is 18.8 Å². The van der Waals surface area contributed by atoms with Gasteiger partial charge in [0.25, 0.3) is 0 Å². The van der Waals surface area contributed by atoms with Gasteiger partial charge in [-0.05, 0) is 12.1 Å². The molecule has 0 bridgehead atoms. The SMILES string of the molecule is CC(C)Sc1ccc(-c2nc(CN)nn2C)cc1. The highest BCUT2D eigenvalue weighted by Crippen LogP contribution is 2.25. The van der Waals surface area contributed by atoms with Crippen LogP contribution < -0.4 is 5.73 Å². The van der Waals surface area contributed by atoms with E-state index >= 15 is 0 Å². The van der Waals surface area contributed by atoms with Crippen LogP contribution in [0, 0.1) is 0 Å². The van der Waals surface area contributed by atoms with Crippen molar-refractivity contribution in [2.75, 3.05) is 0 Å². The second-order valence-electron chi connectivity index (χ2n) is 4.37. The summed E-state index contributed by atoms with van der Waals surface area (Å²) in [6.45, 7) is 4.75. The van der Waals surface area contributed by atoms with Gasteiger partial charge in [0.1, 0.15) is 0 Å². The Kier molecular flexibility index (Phi) is 4.04. The molecule has 0 aliphatic rings.